The summed E-state index contributed by atoms with van der Waals surface area (Å²) >= 11 is 2.08. The molecule has 0 heterocycles. The maximum absolute atomic E-state index is 10.7. The SMILES string of the molecule is COc1cccc(CNc2ccc([N+](=O)[O-])cc2I)c1. The number of halogens is 1. The lowest BCUT2D eigenvalue weighted by atomic mass is 10.2. The third kappa shape index (κ3) is 3.60. The summed E-state index contributed by atoms with van der Waals surface area (Å²) in [5, 5.41) is 13.9. The Morgan fingerprint density at radius 2 is 2.10 bits per heavy atom. The number of hydrogen-bond donors (Lipinski definition) is 1. The van der Waals surface area contributed by atoms with Crippen molar-refractivity contribution in [2.75, 3.05) is 12.4 Å². The van der Waals surface area contributed by atoms with Crippen LogP contribution in [-0.2, 0) is 6.54 Å². The number of anilines is 1. The van der Waals surface area contributed by atoms with Crippen LogP contribution in [0, 0.1) is 13.7 Å². The van der Waals surface area contributed by atoms with E-state index in [1.807, 2.05) is 24.3 Å². The monoisotopic (exact) mass is 384 g/mol. The minimum absolute atomic E-state index is 0.0985. The minimum Gasteiger partial charge on any atom is -0.497 e. The molecule has 0 aliphatic rings. The number of nitrogens with zero attached hydrogens (tertiary/aromatic N) is 1. The second kappa shape index (κ2) is 6.56. The molecule has 0 aliphatic carbocycles. The molecule has 6 heteroatoms. The Bertz CT molecular complexity index is 632. The van der Waals surface area contributed by atoms with Crippen LogP contribution < -0.4 is 10.1 Å². The van der Waals surface area contributed by atoms with E-state index in [9.17, 15) is 10.1 Å². The summed E-state index contributed by atoms with van der Waals surface area (Å²) in [4.78, 5) is 10.3. The Balaban J connectivity index is 2.08. The molecule has 2 aromatic rings. The first kappa shape index (κ1) is 14.6. The molecule has 5 nitrogen and oxygen atoms in total. The van der Waals surface area contributed by atoms with E-state index >= 15 is 0 Å². The zero-order chi connectivity index (χ0) is 14.5. The smallest absolute Gasteiger partial charge is 0.270 e. The van der Waals surface area contributed by atoms with Crippen molar-refractivity contribution in [3.63, 3.8) is 0 Å². The summed E-state index contributed by atoms with van der Waals surface area (Å²) in [5.74, 6) is 0.808. The van der Waals surface area contributed by atoms with Crippen LogP contribution in [0.25, 0.3) is 0 Å². The van der Waals surface area contributed by atoms with Crippen molar-refractivity contribution in [2.24, 2.45) is 0 Å². The Kier molecular flexibility index (Phi) is 4.78. The summed E-state index contributed by atoms with van der Waals surface area (Å²) in [7, 11) is 1.63. The van der Waals surface area contributed by atoms with Crippen LogP contribution in [0.1, 0.15) is 5.56 Å². The number of methoxy groups -OCH3 is 1. The molecule has 104 valence electrons. The fourth-order valence-electron chi connectivity index (χ4n) is 1.74. The van der Waals surface area contributed by atoms with Gasteiger partial charge in [-0.05, 0) is 46.4 Å². The molecule has 0 bridgehead atoms. The summed E-state index contributed by atoms with van der Waals surface area (Å²) in [6.07, 6.45) is 0. The van der Waals surface area contributed by atoms with Crippen LogP contribution >= 0.6 is 22.6 Å². The topological polar surface area (TPSA) is 64.4 Å². The first-order chi connectivity index (χ1) is 9.60. The van der Waals surface area contributed by atoms with Gasteiger partial charge in [0.25, 0.3) is 5.69 Å². The number of ether oxygens (including phenoxy) is 1. The predicted octanol–water partition coefficient (Wildman–Crippen LogP) is 3.82. The summed E-state index contributed by atoms with van der Waals surface area (Å²) in [6.45, 7) is 0.630. The van der Waals surface area contributed by atoms with Gasteiger partial charge in [0, 0.05) is 27.9 Å². The molecule has 0 radical (unpaired) electrons. The van der Waals surface area contributed by atoms with E-state index in [0.29, 0.717) is 6.54 Å². The second-order valence-electron chi connectivity index (χ2n) is 4.13. The van der Waals surface area contributed by atoms with Gasteiger partial charge >= 0.3 is 0 Å². The number of non-ortho nitro benzene ring substituents is 1. The van der Waals surface area contributed by atoms with Gasteiger partial charge in [-0.2, -0.15) is 0 Å². The van der Waals surface area contributed by atoms with Crippen LogP contribution in [-0.4, -0.2) is 12.0 Å². The quantitative estimate of drug-likeness (QED) is 0.484. The van der Waals surface area contributed by atoms with E-state index in [4.69, 9.17) is 4.74 Å². The maximum Gasteiger partial charge on any atom is 0.270 e. The Morgan fingerprint density at radius 3 is 2.75 bits per heavy atom. The molecule has 0 aromatic heterocycles. The molecule has 0 aliphatic heterocycles. The van der Waals surface area contributed by atoms with Crippen molar-refractivity contribution in [3.05, 3.63) is 61.7 Å². The van der Waals surface area contributed by atoms with E-state index in [0.717, 1.165) is 20.6 Å². The van der Waals surface area contributed by atoms with Gasteiger partial charge in [0.2, 0.25) is 0 Å². The zero-order valence-electron chi connectivity index (χ0n) is 10.8. The fourth-order valence-corrected chi connectivity index (χ4v) is 2.43. The van der Waals surface area contributed by atoms with Gasteiger partial charge in [0.1, 0.15) is 5.75 Å². The maximum atomic E-state index is 10.7. The molecule has 0 saturated heterocycles. The van der Waals surface area contributed by atoms with E-state index < -0.39 is 4.92 Å². The van der Waals surface area contributed by atoms with Crippen molar-refractivity contribution < 1.29 is 9.66 Å². The van der Waals surface area contributed by atoms with Gasteiger partial charge in [0.15, 0.2) is 0 Å². The van der Waals surface area contributed by atoms with Crippen molar-refractivity contribution in [1.29, 1.82) is 0 Å². The molecule has 1 N–H and O–H groups in total. The van der Waals surface area contributed by atoms with Crippen molar-refractivity contribution in [3.8, 4) is 5.75 Å². The third-order valence-corrected chi connectivity index (χ3v) is 3.67. The molecule has 0 amide bonds. The highest BCUT2D eigenvalue weighted by molar-refractivity contribution is 14.1. The average Bonchev–Trinajstić information content (AvgIpc) is 2.46. The van der Waals surface area contributed by atoms with E-state index in [1.165, 1.54) is 6.07 Å². The fraction of sp³-hybridized carbons (Fsp3) is 0.143. The van der Waals surface area contributed by atoms with Crippen LogP contribution in [0.5, 0.6) is 5.75 Å². The van der Waals surface area contributed by atoms with Gasteiger partial charge in [0.05, 0.1) is 12.0 Å². The van der Waals surface area contributed by atoms with Gasteiger partial charge in [-0.15, -0.1) is 0 Å². The lowest BCUT2D eigenvalue weighted by molar-refractivity contribution is -0.384. The lowest BCUT2D eigenvalue weighted by Gasteiger charge is -2.09. The number of hydrogen-bond acceptors (Lipinski definition) is 4. The molecule has 0 saturated carbocycles. The Morgan fingerprint density at radius 1 is 1.30 bits per heavy atom. The summed E-state index contributed by atoms with van der Waals surface area (Å²) in [5.41, 5.74) is 2.05. The van der Waals surface area contributed by atoms with E-state index in [2.05, 4.69) is 27.9 Å². The van der Waals surface area contributed by atoms with Gasteiger partial charge in [-0.3, -0.25) is 10.1 Å². The van der Waals surface area contributed by atoms with Gasteiger partial charge in [-0.1, -0.05) is 12.1 Å². The number of rotatable bonds is 5. The number of benzene rings is 2. The predicted molar refractivity (Wildman–Crippen MR) is 86.1 cm³/mol. The number of nitrogens with one attached hydrogen (secondary N) is 1. The molecule has 2 aromatic carbocycles. The molecule has 0 fully saturated rings. The Hall–Kier alpha value is -1.83. The number of nitro benzene ring substituents is 1. The zero-order valence-corrected chi connectivity index (χ0v) is 13.0. The van der Waals surface area contributed by atoms with Crippen LogP contribution in [0.2, 0.25) is 0 Å². The molecule has 20 heavy (non-hydrogen) atoms. The first-order valence-corrected chi connectivity index (χ1v) is 6.99. The van der Waals surface area contributed by atoms with Crippen LogP contribution in [0.4, 0.5) is 11.4 Å². The Labute approximate surface area is 130 Å². The molecule has 0 unspecified atom stereocenters. The third-order valence-electron chi connectivity index (χ3n) is 2.78. The summed E-state index contributed by atoms with van der Waals surface area (Å²) in [6, 6.07) is 12.5. The first-order valence-electron chi connectivity index (χ1n) is 5.91. The van der Waals surface area contributed by atoms with Crippen molar-refractivity contribution in [1.82, 2.24) is 0 Å². The molecular weight excluding hydrogens is 371 g/mol. The average molecular weight is 384 g/mol. The van der Waals surface area contributed by atoms with Gasteiger partial charge in [-0.25, -0.2) is 0 Å². The van der Waals surface area contributed by atoms with Crippen LogP contribution in [0.3, 0.4) is 0 Å². The van der Waals surface area contributed by atoms with Crippen molar-refractivity contribution in [2.45, 2.75) is 6.54 Å². The molecule has 2 rings (SSSR count). The van der Waals surface area contributed by atoms with Crippen molar-refractivity contribution >= 4 is 34.0 Å². The largest absolute Gasteiger partial charge is 0.497 e. The van der Waals surface area contributed by atoms with Crippen LogP contribution in [0.15, 0.2) is 42.5 Å². The van der Waals surface area contributed by atoms with E-state index in [-0.39, 0.29) is 5.69 Å². The highest BCUT2D eigenvalue weighted by Gasteiger charge is 2.08. The second-order valence-corrected chi connectivity index (χ2v) is 5.29. The van der Waals surface area contributed by atoms with E-state index in [1.54, 1.807) is 19.2 Å². The lowest BCUT2D eigenvalue weighted by Crippen LogP contribution is -2.01. The highest BCUT2D eigenvalue weighted by Crippen LogP contribution is 2.24. The molecule has 0 spiro atoms. The standard InChI is InChI=1S/C14H13IN2O3/c1-20-12-4-2-3-10(7-12)9-16-14-6-5-11(17(18)19)8-13(14)15/h2-8,16H,9H2,1H3. The minimum atomic E-state index is -0.395. The summed E-state index contributed by atoms with van der Waals surface area (Å²) < 4.78 is 5.99. The molecule has 0 atom stereocenters. The van der Waals surface area contributed by atoms with Gasteiger partial charge < -0.3 is 10.1 Å². The normalized spacial score (nSPS) is 10.1. The highest BCUT2D eigenvalue weighted by atomic mass is 127. The molecular formula is C14H13IN2O3. The number of nitro groups is 1.